The Kier molecular flexibility index (Phi) is 4.09. The van der Waals surface area contributed by atoms with Gasteiger partial charge in [-0.05, 0) is 54.9 Å². The molecule has 3 heterocycles. The maximum Gasteiger partial charge on any atom is 0.340 e. The first-order chi connectivity index (χ1) is 12.6. The summed E-state index contributed by atoms with van der Waals surface area (Å²) in [6.45, 7) is 4.09. The topological polar surface area (TPSA) is 47.8 Å². The monoisotopic (exact) mass is 363 g/mol. The van der Waals surface area contributed by atoms with E-state index >= 15 is 0 Å². The Morgan fingerprint density at radius 2 is 1.88 bits per heavy atom. The van der Waals surface area contributed by atoms with Crippen LogP contribution < -0.4 is 0 Å². The van der Waals surface area contributed by atoms with Gasteiger partial charge >= 0.3 is 5.97 Å². The SMILES string of the molecule is CCOC(=O)c1cc(C(=O)c2cccs2)n2c1ccc1cc(C)ccc12. The molecular formula is C21H17NO3S. The standard InChI is InChI=1S/C21H17NO3S/c1-3-25-21(24)15-12-18(20(23)19-5-4-10-26-19)22-16-8-6-13(2)11-14(16)7-9-17(15)22/h4-12H,3H2,1-2H3. The summed E-state index contributed by atoms with van der Waals surface area (Å²) >= 11 is 1.39. The number of hydrogen-bond donors (Lipinski definition) is 0. The molecule has 0 aliphatic heterocycles. The second-order valence-electron chi connectivity index (χ2n) is 6.09. The zero-order valence-electron chi connectivity index (χ0n) is 14.5. The van der Waals surface area contributed by atoms with Crippen molar-refractivity contribution in [3.63, 3.8) is 0 Å². The molecule has 4 rings (SSSR count). The molecule has 0 aliphatic carbocycles. The van der Waals surface area contributed by atoms with Gasteiger partial charge in [-0.15, -0.1) is 11.3 Å². The Bertz CT molecular complexity index is 1140. The lowest BCUT2D eigenvalue weighted by molar-refractivity contribution is 0.0529. The van der Waals surface area contributed by atoms with Crippen molar-refractivity contribution in [1.29, 1.82) is 0 Å². The van der Waals surface area contributed by atoms with Crippen molar-refractivity contribution < 1.29 is 14.3 Å². The minimum absolute atomic E-state index is 0.0985. The Balaban J connectivity index is 2.05. The van der Waals surface area contributed by atoms with Gasteiger partial charge in [0.05, 0.1) is 33.8 Å². The zero-order chi connectivity index (χ0) is 18.3. The number of nitrogens with zero attached hydrogens (tertiary/aromatic N) is 1. The van der Waals surface area contributed by atoms with Crippen molar-refractivity contribution in [2.45, 2.75) is 13.8 Å². The first-order valence-electron chi connectivity index (χ1n) is 8.40. The van der Waals surface area contributed by atoms with Gasteiger partial charge in [-0.25, -0.2) is 4.79 Å². The summed E-state index contributed by atoms with van der Waals surface area (Å²) in [6.07, 6.45) is 0. The van der Waals surface area contributed by atoms with Crippen molar-refractivity contribution in [3.8, 4) is 0 Å². The third-order valence-electron chi connectivity index (χ3n) is 4.36. The van der Waals surface area contributed by atoms with Crippen LogP contribution in [0, 0.1) is 6.92 Å². The number of benzene rings is 1. The van der Waals surface area contributed by atoms with E-state index in [0.717, 1.165) is 16.5 Å². The van der Waals surface area contributed by atoms with Crippen LogP contribution in [0.5, 0.6) is 0 Å². The summed E-state index contributed by atoms with van der Waals surface area (Å²) in [5.41, 5.74) is 3.60. The van der Waals surface area contributed by atoms with Gasteiger partial charge in [-0.1, -0.05) is 23.8 Å². The summed E-state index contributed by atoms with van der Waals surface area (Å²) in [5.74, 6) is -0.514. The quantitative estimate of drug-likeness (QED) is 0.384. The van der Waals surface area contributed by atoms with Crippen LogP contribution in [0.3, 0.4) is 0 Å². The summed E-state index contributed by atoms with van der Waals surface area (Å²) in [6, 6.07) is 15.2. The molecular weight excluding hydrogens is 346 g/mol. The fraction of sp³-hybridized carbons (Fsp3) is 0.143. The molecule has 0 spiro atoms. The van der Waals surface area contributed by atoms with Gasteiger partial charge in [-0.2, -0.15) is 0 Å². The van der Waals surface area contributed by atoms with E-state index in [-0.39, 0.29) is 12.4 Å². The molecule has 0 saturated carbocycles. The lowest BCUT2D eigenvalue weighted by Crippen LogP contribution is -2.04. The molecule has 0 aliphatic rings. The fourth-order valence-corrected chi connectivity index (χ4v) is 3.87. The first-order valence-corrected chi connectivity index (χ1v) is 9.28. The van der Waals surface area contributed by atoms with E-state index in [4.69, 9.17) is 4.74 Å². The number of hydrogen-bond acceptors (Lipinski definition) is 4. The molecule has 130 valence electrons. The average molecular weight is 363 g/mol. The molecule has 0 saturated heterocycles. The largest absolute Gasteiger partial charge is 0.462 e. The molecule has 0 amide bonds. The van der Waals surface area contributed by atoms with Crippen molar-refractivity contribution >= 4 is 39.5 Å². The van der Waals surface area contributed by atoms with Crippen LogP contribution in [-0.4, -0.2) is 22.8 Å². The van der Waals surface area contributed by atoms with Crippen molar-refractivity contribution in [2.24, 2.45) is 0 Å². The number of pyridine rings is 1. The van der Waals surface area contributed by atoms with Crippen LogP contribution in [0.4, 0.5) is 0 Å². The van der Waals surface area contributed by atoms with Gasteiger partial charge in [0.1, 0.15) is 0 Å². The smallest absolute Gasteiger partial charge is 0.340 e. The molecule has 5 heteroatoms. The van der Waals surface area contributed by atoms with E-state index in [2.05, 4.69) is 6.07 Å². The van der Waals surface area contributed by atoms with Gasteiger partial charge in [-0.3, -0.25) is 4.79 Å². The van der Waals surface area contributed by atoms with Gasteiger partial charge in [0.15, 0.2) is 0 Å². The van der Waals surface area contributed by atoms with Gasteiger partial charge in [0.2, 0.25) is 5.78 Å². The number of rotatable bonds is 4. The highest BCUT2D eigenvalue weighted by Crippen LogP contribution is 2.27. The normalized spacial score (nSPS) is 11.2. The van der Waals surface area contributed by atoms with Crippen LogP contribution >= 0.6 is 11.3 Å². The summed E-state index contributed by atoms with van der Waals surface area (Å²) in [4.78, 5) is 26.1. The van der Waals surface area contributed by atoms with E-state index in [0.29, 0.717) is 21.7 Å². The number of aryl methyl sites for hydroxylation is 1. The van der Waals surface area contributed by atoms with Crippen LogP contribution in [0.15, 0.2) is 53.9 Å². The Labute approximate surface area is 154 Å². The molecule has 0 fully saturated rings. The minimum Gasteiger partial charge on any atom is -0.462 e. The second-order valence-corrected chi connectivity index (χ2v) is 7.03. The molecule has 0 bridgehead atoms. The molecule has 0 N–H and O–H groups in total. The Hall–Kier alpha value is -2.92. The van der Waals surface area contributed by atoms with Gasteiger partial charge < -0.3 is 9.14 Å². The number of fused-ring (bicyclic) bond motifs is 3. The fourth-order valence-electron chi connectivity index (χ4n) is 3.20. The molecule has 4 nitrogen and oxygen atoms in total. The van der Waals surface area contributed by atoms with E-state index in [1.807, 2.05) is 47.0 Å². The summed E-state index contributed by atoms with van der Waals surface area (Å²) in [5, 5.41) is 2.89. The van der Waals surface area contributed by atoms with Crippen molar-refractivity contribution in [1.82, 2.24) is 4.40 Å². The summed E-state index contributed by atoms with van der Waals surface area (Å²) < 4.78 is 7.05. The third kappa shape index (κ3) is 2.61. The van der Waals surface area contributed by atoms with Gasteiger partial charge in [0, 0.05) is 0 Å². The molecule has 26 heavy (non-hydrogen) atoms. The molecule has 0 unspecified atom stereocenters. The predicted octanol–water partition coefficient (Wildman–Crippen LogP) is 4.87. The highest BCUT2D eigenvalue weighted by Gasteiger charge is 2.23. The number of esters is 1. The van der Waals surface area contributed by atoms with Crippen LogP contribution in [0.1, 0.15) is 38.2 Å². The molecule has 1 aromatic carbocycles. The van der Waals surface area contributed by atoms with E-state index in [1.165, 1.54) is 11.3 Å². The molecule has 0 atom stereocenters. The third-order valence-corrected chi connectivity index (χ3v) is 5.23. The van der Waals surface area contributed by atoms with E-state index in [9.17, 15) is 9.59 Å². The number of carbonyl (C=O) groups is 2. The highest BCUT2D eigenvalue weighted by molar-refractivity contribution is 7.12. The zero-order valence-corrected chi connectivity index (χ0v) is 15.3. The lowest BCUT2D eigenvalue weighted by Gasteiger charge is -2.08. The van der Waals surface area contributed by atoms with Crippen LogP contribution in [0.25, 0.3) is 16.4 Å². The number of thiophene rings is 1. The maximum absolute atomic E-state index is 13.1. The first kappa shape index (κ1) is 16.5. The van der Waals surface area contributed by atoms with Crippen molar-refractivity contribution in [2.75, 3.05) is 6.61 Å². The molecule has 4 aromatic rings. The van der Waals surface area contributed by atoms with E-state index < -0.39 is 5.97 Å². The number of ketones is 1. The highest BCUT2D eigenvalue weighted by atomic mass is 32.1. The molecule has 0 radical (unpaired) electrons. The number of aromatic nitrogens is 1. The Morgan fingerprint density at radius 1 is 1.08 bits per heavy atom. The van der Waals surface area contributed by atoms with Crippen LogP contribution in [0.2, 0.25) is 0 Å². The minimum atomic E-state index is -0.415. The molecule has 3 aromatic heterocycles. The lowest BCUT2D eigenvalue weighted by atomic mass is 10.1. The van der Waals surface area contributed by atoms with Crippen molar-refractivity contribution in [3.05, 3.63) is 75.6 Å². The maximum atomic E-state index is 13.1. The van der Waals surface area contributed by atoms with Crippen LogP contribution in [-0.2, 0) is 4.74 Å². The summed E-state index contributed by atoms with van der Waals surface area (Å²) in [7, 11) is 0. The van der Waals surface area contributed by atoms with Gasteiger partial charge in [0.25, 0.3) is 0 Å². The number of carbonyl (C=O) groups excluding carboxylic acids is 2. The van der Waals surface area contributed by atoms with E-state index in [1.54, 1.807) is 19.1 Å². The Morgan fingerprint density at radius 3 is 2.62 bits per heavy atom. The number of ether oxygens (including phenoxy) is 1. The predicted molar refractivity (Wildman–Crippen MR) is 103 cm³/mol. The average Bonchev–Trinajstić information content (AvgIpc) is 3.29. The second kappa shape index (κ2) is 6.42.